The van der Waals surface area contributed by atoms with Crippen molar-refractivity contribution in [2.45, 2.75) is 45.7 Å². The molecule has 2 aromatic rings. The lowest BCUT2D eigenvalue weighted by molar-refractivity contribution is -0.148. The van der Waals surface area contributed by atoms with Crippen molar-refractivity contribution in [3.8, 4) is 0 Å². The van der Waals surface area contributed by atoms with Crippen molar-refractivity contribution in [1.29, 1.82) is 0 Å². The van der Waals surface area contributed by atoms with E-state index >= 15 is 0 Å². The Kier molecular flexibility index (Phi) is 10.7. The van der Waals surface area contributed by atoms with Gasteiger partial charge in [0.05, 0.1) is 23.7 Å². The lowest BCUT2D eigenvalue weighted by atomic mass is 10.0. The van der Waals surface area contributed by atoms with Gasteiger partial charge in [-0.1, -0.05) is 13.8 Å². The molecule has 10 heteroatoms. The number of benzene rings is 1. The summed E-state index contributed by atoms with van der Waals surface area (Å²) in [7, 11) is 1.89. The number of esters is 1. The molecule has 2 atom stereocenters. The van der Waals surface area contributed by atoms with E-state index in [9.17, 15) is 9.59 Å². The standard InChI is InChI=1S/C23H35Cl2N5O3/c1-5-33-23(32)19(12-15(2)3)28-22(31)17(26)14-21-27-18-13-16(6-7-20(18)29(21)4)30(10-8-24)11-9-25/h6-7,13,15,17,19H,5,8-12,14,26H2,1-4H3,(H,28,31)/t17-,19-/m0/s1. The third-order valence-corrected chi connectivity index (χ3v) is 5.70. The van der Waals surface area contributed by atoms with Crippen molar-refractivity contribution in [2.75, 3.05) is 36.4 Å². The Morgan fingerprint density at radius 2 is 1.91 bits per heavy atom. The van der Waals surface area contributed by atoms with Crippen molar-refractivity contribution in [1.82, 2.24) is 14.9 Å². The smallest absolute Gasteiger partial charge is 0.328 e. The van der Waals surface area contributed by atoms with Crippen LogP contribution < -0.4 is 16.0 Å². The minimum atomic E-state index is -0.854. The summed E-state index contributed by atoms with van der Waals surface area (Å²) in [6, 6.07) is 4.41. The number of hydrogen-bond donors (Lipinski definition) is 2. The third-order valence-electron chi connectivity index (χ3n) is 5.37. The quantitative estimate of drug-likeness (QED) is 0.324. The number of nitrogens with one attached hydrogen (secondary N) is 1. The molecule has 0 aliphatic rings. The number of carbonyl (C=O) groups is 2. The zero-order valence-electron chi connectivity index (χ0n) is 19.8. The van der Waals surface area contributed by atoms with Gasteiger partial charge >= 0.3 is 5.97 Å². The van der Waals surface area contributed by atoms with Crippen molar-refractivity contribution in [2.24, 2.45) is 18.7 Å². The zero-order chi connectivity index (χ0) is 24.5. The van der Waals surface area contributed by atoms with E-state index in [1.54, 1.807) is 6.92 Å². The number of aromatic nitrogens is 2. The summed E-state index contributed by atoms with van der Waals surface area (Å²) in [5.41, 5.74) is 8.92. The van der Waals surface area contributed by atoms with Crippen LogP contribution in [0.4, 0.5) is 5.69 Å². The van der Waals surface area contributed by atoms with Gasteiger partial charge in [-0.25, -0.2) is 9.78 Å². The van der Waals surface area contributed by atoms with Crippen LogP contribution in [0.2, 0.25) is 0 Å². The van der Waals surface area contributed by atoms with Crippen LogP contribution in [-0.4, -0.2) is 65.0 Å². The van der Waals surface area contributed by atoms with E-state index in [-0.39, 0.29) is 18.9 Å². The second kappa shape index (κ2) is 13.0. The Labute approximate surface area is 205 Å². The van der Waals surface area contributed by atoms with E-state index in [1.807, 2.05) is 43.7 Å². The minimum Gasteiger partial charge on any atom is -0.464 e. The van der Waals surface area contributed by atoms with E-state index in [2.05, 4.69) is 10.2 Å². The molecule has 0 saturated carbocycles. The fourth-order valence-electron chi connectivity index (χ4n) is 3.69. The first-order valence-electron chi connectivity index (χ1n) is 11.3. The van der Waals surface area contributed by atoms with Gasteiger partial charge in [0, 0.05) is 44.0 Å². The highest BCUT2D eigenvalue weighted by Gasteiger charge is 2.26. The van der Waals surface area contributed by atoms with E-state index in [4.69, 9.17) is 38.7 Å². The molecule has 0 radical (unpaired) electrons. The molecule has 0 aliphatic heterocycles. The molecule has 0 spiro atoms. The normalized spacial score (nSPS) is 13.2. The number of ether oxygens (including phenoxy) is 1. The van der Waals surface area contributed by atoms with Gasteiger partial charge in [0.2, 0.25) is 5.91 Å². The van der Waals surface area contributed by atoms with Crippen molar-refractivity contribution < 1.29 is 14.3 Å². The number of nitrogens with two attached hydrogens (primary N) is 1. The summed E-state index contributed by atoms with van der Waals surface area (Å²) >= 11 is 11.9. The number of amides is 1. The van der Waals surface area contributed by atoms with Crippen LogP contribution in [-0.2, 0) is 27.8 Å². The average Bonchev–Trinajstić information content (AvgIpc) is 3.07. The van der Waals surface area contributed by atoms with Crippen molar-refractivity contribution >= 4 is 51.8 Å². The van der Waals surface area contributed by atoms with Crippen LogP contribution in [0.15, 0.2) is 18.2 Å². The van der Waals surface area contributed by atoms with Crippen molar-refractivity contribution in [3.63, 3.8) is 0 Å². The van der Waals surface area contributed by atoms with Gasteiger partial charge in [0.25, 0.3) is 0 Å². The summed E-state index contributed by atoms with van der Waals surface area (Å²) in [6.07, 6.45) is 0.712. The number of imidazole rings is 1. The summed E-state index contributed by atoms with van der Waals surface area (Å²) in [5.74, 6) is 1.04. The average molecular weight is 500 g/mol. The molecule has 184 valence electrons. The Bertz CT molecular complexity index is 928. The Morgan fingerprint density at radius 3 is 2.48 bits per heavy atom. The van der Waals surface area contributed by atoms with Gasteiger partial charge in [0.15, 0.2) is 0 Å². The first-order valence-corrected chi connectivity index (χ1v) is 12.3. The van der Waals surface area contributed by atoms with Gasteiger partial charge in [-0.2, -0.15) is 0 Å². The molecule has 1 aromatic heterocycles. The second-order valence-electron chi connectivity index (χ2n) is 8.38. The molecular formula is C23H35Cl2N5O3. The van der Waals surface area contributed by atoms with Gasteiger partial charge in [-0.15, -0.1) is 23.2 Å². The van der Waals surface area contributed by atoms with Crippen LogP contribution in [0.3, 0.4) is 0 Å². The number of aryl methyl sites for hydroxylation is 1. The zero-order valence-corrected chi connectivity index (χ0v) is 21.3. The molecule has 0 unspecified atom stereocenters. The van der Waals surface area contributed by atoms with Crippen LogP contribution in [0.1, 0.15) is 33.0 Å². The Morgan fingerprint density at radius 1 is 1.24 bits per heavy atom. The molecule has 1 amide bonds. The number of fused-ring (bicyclic) bond motifs is 1. The van der Waals surface area contributed by atoms with E-state index in [1.165, 1.54) is 0 Å². The molecule has 2 rings (SSSR count). The molecule has 0 saturated heterocycles. The highest BCUT2D eigenvalue weighted by molar-refractivity contribution is 6.18. The van der Waals surface area contributed by atoms with Crippen LogP contribution in [0, 0.1) is 5.92 Å². The molecule has 33 heavy (non-hydrogen) atoms. The predicted molar refractivity (Wildman–Crippen MR) is 134 cm³/mol. The third kappa shape index (κ3) is 7.48. The van der Waals surface area contributed by atoms with Crippen LogP contribution in [0.5, 0.6) is 0 Å². The highest BCUT2D eigenvalue weighted by Crippen LogP contribution is 2.23. The van der Waals surface area contributed by atoms with E-state index in [0.29, 0.717) is 37.1 Å². The SMILES string of the molecule is CCOC(=O)[C@H](CC(C)C)NC(=O)[C@@H](N)Cc1nc2cc(N(CCCl)CCCl)ccc2n1C. The summed E-state index contributed by atoms with van der Waals surface area (Å²) in [4.78, 5) is 31.8. The number of anilines is 1. The largest absolute Gasteiger partial charge is 0.464 e. The second-order valence-corrected chi connectivity index (χ2v) is 9.13. The lowest BCUT2D eigenvalue weighted by Crippen LogP contribution is -2.50. The van der Waals surface area contributed by atoms with E-state index < -0.39 is 24.0 Å². The summed E-state index contributed by atoms with van der Waals surface area (Å²) in [5, 5.41) is 2.75. The number of halogens is 2. The predicted octanol–water partition coefficient (Wildman–Crippen LogP) is 2.82. The number of alkyl halides is 2. The Balaban J connectivity index is 2.17. The molecule has 3 N–H and O–H groups in total. The van der Waals surface area contributed by atoms with Gasteiger partial charge in [0.1, 0.15) is 11.9 Å². The number of rotatable bonds is 13. The van der Waals surface area contributed by atoms with Gasteiger partial charge in [-0.05, 0) is 37.5 Å². The topological polar surface area (TPSA) is 102 Å². The van der Waals surface area contributed by atoms with E-state index in [0.717, 1.165) is 16.7 Å². The fourth-order valence-corrected chi connectivity index (χ4v) is 4.10. The van der Waals surface area contributed by atoms with Gasteiger partial charge < -0.3 is 25.3 Å². The number of hydrogen-bond acceptors (Lipinski definition) is 6. The lowest BCUT2D eigenvalue weighted by Gasteiger charge is -2.22. The van der Waals surface area contributed by atoms with Crippen molar-refractivity contribution in [3.05, 3.63) is 24.0 Å². The molecule has 8 nitrogen and oxygen atoms in total. The first kappa shape index (κ1) is 27.2. The molecule has 0 bridgehead atoms. The maximum Gasteiger partial charge on any atom is 0.328 e. The molecule has 0 aliphatic carbocycles. The Hall–Kier alpha value is -2.03. The monoisotopic (exact) mass is 499 g/mol. The number of carbonyl (C=O) groups excluding carboxylic acids is 2. The maximum absolute atomic E-state index is 12.7. The molecule has 1 heterocycles. The molecule has 1 aromatic carbocycles. The first-order chi connectivity index (χ1) is 15.7. The van der Waals surface area contributed by atoms with Crippen LogP contribution in [0.25, 0.3) is 11.0 Å². The summed E-state index contributed by atoms with van der Waals surface area (Å²) in [6.45, 7) is 7.32. The molecular weight excluding hydrogens is 465 g/mol. The fraction of sp³-hybridized carbons (Fsp3) is 0.609. The minimum absolute atomic E-state index is 0.210. The van der Waals surface area contributed by atoms with Gasteiger partial charge in [-0.3, -0.25) is 4.79 Å². The maximum atomic E-state index is 12.7. The van der Waals surface area contributed by atoms with Crippen LogP contribution >= 0.6 is 23.2 Å². The number of nitrogens with zero attached hydrogens (tertiary/aromatic N) is 3. The molecule has 0 fully saturated rings. The summed E-state index contributed by atoms with van der Waals surface area (Å²) < 4.78 is 7.02. The highest BCUT2D eigenvalue weighted by atomic mass is 35.5.